The SMILES string of the molecule is CC(NC(=O)C1CCCN(C(=O)c2cccc3ccccc23)C1)c1ccc(Cl)cc1. The first kappa shape index (κ1) is 20.4. The summed E-state index contributed by atoms with van der Waals surface area (Å²) < 4.78 is 0. The van der Waals surface area contributed by atoms with Gasteiger partial charge in [-0.05, 0) is 54.3 Å². The molecule has 3 aromatic rings. The Labute approximate surface area is 181 Å². The van der Waals surface area contributed by atoms with Gasteiger partial charge in [-0.1, -0.05) is 60.1 Å². The van der Waals surface area contributed by atoms with Crippen molar-refractivity contribution in [3.63, 3.8) is 0 Å². The number of nitrogens with one attached hydrogen (secondary N) is 1. The van der Waals surface area contributed by atoms with E-state index in [1.807, 2.05) is 78.6 Å². The van der Waals surface area contributed by atoms with Crippen molar-refractivity contribution in [2.24, 2.45) is 5.92 Å². The van der Waals surface area contributed by atoms with Crippen LogP contribution < -0.4 is 5.32 Å². The number of nitrogens with zero attached hydrogens (tertiary/aromatic N) is 1. The average molecular weight is 421 g/mol. The van der Waals surface area contributed by atoms with Crippen LogP contribution in [0.3, 0.4) is 0 Å². The summed E-state index contributed by atoms with van der Waals surface area (Å²) in [5, 5.41) is 5.77. The van der Waals surface area contributed by atoms with Crippen LogP contribution in [0.4, 0.5) is 0 Å². The number of amides is 2. The fourth-order valence-electron chi connectivity index (χ4n) is 4.12. The van der Waals surface area contributed by atoms with Crippen LogP contribution in [0.25, 0.3) is 10.8 Å². The van der Waals surface area contributed by atoms with Gasteiger partial charge in [0.25, 0.3) is 5.91 Å². The molecule has 30 heavy (non-hydrogen) atoms. The lowest BCUT2D eigenvalue weighted by Gasteiger charge is -2.33. The van der Waals surface area contributed by atoms with Gasteiger partial charge in [-0.3, -0.25) is 9.59 Å². The predicted molar refractivity (Wildman–Crippen MR) is 121 cm³/mol. The zero-order valence-corrected chi connectivity index (χ0v) is 17.7. The zero-order valence-electron chi connectivity index (χ0n) is 17.0. The third-order valence-corrected chi connectivity index (χ3v) is 6.08. The van der Waals surface area contributed by atoms with Crippen LogP contribution in [0.5, 0.6) is 0 Å². The van der Waals surface area contributed by atoms with Gasteiger partial charge in [0.05, 0.1) is 12.0 Å². The summed E-state index contributed by atoms with van der Waals surface area (Å²) >= 11 is 5.95. The highest BCUT2D eigenvalue weighted by atomic mass is 35.5. The van der Waals surface area contributed by atoms with Gasteiger partial charge < -0.3 is 10.2 Å². The molecule has 0 spiro atoms. The summed E-state index contributed by atoms with van der Waals surface area (Å²) in [7, 11) is 0. The first-order valence-corrected chi connectivity index (χ1v) is 10.7. The Bertz CT molecular complexity index is 1060. The molecule has 0 bridgehead atoms. The van der Waals surface area contributed by atoms with Gasteiger partial charge in [-0.15, -0.1) is 0 Å². The number of hydrogen-bond donors (Lipinski definition) is 1. The molecule has 0 aromatic heterocycles. The second-order valence-electron chi connectivity index (χ2n) is 7.90. The van der Waals surface area contributed by atoms with E-state index in [1.54, 1.807) is 0 Å². The Morgan fingerprint density at radius 3 is 2.57 bits per heavy atom. The molecule has 4 nitrogen and oxygen atoms in total. The van der Waals surface area contributed by atoms with Gasteiger partial charge in [-0.25, -0.2) is 0 Å². The molecular formula is C25H25ClN2O2. The van der Waals surface area contributed by atoms with E-state index in [-0.39, 0.29) is 23.8 Å². The van der Waals surface area contributed by atoms with E-state index in [9.17, 15) is 9.59 Å². The predicted octanol–water partition coefficient (Wildman–Crippen LogP) is 5.22. The molecule has 1 heterocycles. The maximum Gasteiger partial charge on any atom is 0.254 e. The minimum absolute atomic E-state index is 0.00458. The van der Waals surface area contributed by atoms with Crippen LogP contribution in [0, 0.1) is 5.92 Å². The van der Waals surface area contributed by atoms with Gasteiger partial charge in [0.15, 0.2) is 0 Å². The van der Waals surface area contributed by atoms with Crippen molar-refractivity contribution in [2.45, 2.75) is 25.8 Å². The molecule has 0 saturated carbocycles. The lowest BCUT2D eigenvalue weighted by molar-refractivity contribution is -0.127. The molecule has 1 N–H and O–H groups in total. The number of hydrogen-bond acceptors (Lipinski definition) is 2. The van der Waals surface area contributed by atoms with Crippen LogP contribution in [0.2, 0.25) is 5.02 Å². The molecule has 1 aliphatic rings. The van der Waals surface area contributed by atoms with Gasteiger partial charge in [-0.2, -0.15) is 0 Å². The molecule has 0 radical (unpaired) electrons. The van der Waals surface area contributed by atoms with Crippen LogP contribution >= 0.6 is 11.6 Å². The zero-order chi connectivity index (χ0) is 21.1. The minimum atomic E-state index is -0.201. The summed E-state index contributed by atoms with van der Waals surface area (Å²) in [6, 6.07) is 21.1. The fourth-order valence-corrected chi connectivity index (χ4v) is 4.25. The smallest absolute Gasteiger partial charge is 0.254 e. The molecule has 2 unspecified atom stereocenters. The lowest BCUT2D eigenvalue weighted by Crippen LogP contribution is -2.45. The second kappa shape index (κ2) is 8.88. The van der Waals surface area contributed by atoms with E-state index in [2.05, 4.69) is 5.32 Å². The molecular weight excluding hydrogens is 396 g/mol. The van der Waals surface area contributed by atoms with Crippen molar-refractivity contribution in [3.05, 3.63) is 82.9 Å². The maximum absolute atomic E-state index is 13.2. The van der Waals surface area contributed by atoms with E-state index in [0.717, 1.165) is 29.2 Å². The van der Waals surface area contributed by atoms with E-state index in [0.29, 0.717) is 23.7 Å². The maximum atomic E-state index is 13.2. The van der Waals surface area contributed by atoms with Crippen molar-refractivity contribution in [1.29, 1.82) is 0 Å². The quantitative estimate of drug-likeness (QED) is 0.628. The van der Waals surface area contributed by atoms with Crippen LogP contribution in [-0.2, 0) is 4.79 Å². The standard InChI is InChI=1S/C25H25ClN2O2/c1-17(18-11-13-21(26)14-12-18)27-24(29)20-8-5-15-28(16-20)25(30)23-10-4-7-19-6-2-3-9-22(19)23/h2-4,6-7,9-14,17,20H,5,8,15-16H2,1H3,(H,27,29). The van der Waals surface area contributed by atoms with Crippen molar-refractivity contribution in [3.8, 4) is 0 Å². The normalized spacial score (nSPS) is 17.5. The number of likely N-dealkylation sites (tertiary alicyclic amines) is 1. The van der Waals surface area contributed by atoms with Gasteiger partial charge in [0.2, 0.25) is 5.91 Å². The number of carbonyl (C=O) groups is 2. The summed E-state index contributed by atoms with van der Waals surface area (Å²) in [6.45, 7) is 3.09. The van der Waals surface area contributed by atoms with Crippen molar-refractivity contribution in [1.82, 2.24) is 10.2 Å². The summed E-state index contributed by atoms with van der Waals surface area (Å²) in [5.41, 5.74) is 1.70. The summed E-state index contributed by atoms with van der Waals surface area (Å²) in [5.74, 6) is -0.213. The Hall–Kier alpha value is -2.85. The Morgan fingerprint density at radius 2 is 1.77 bits per heavy atom. The van der Waals surface area contributed by atoms with E-state index < -0.39 is 0 Å². The first-order valence-electron chi connectivity index (χ1n) is 10.4. The molecule has 3 aromatic carbocycles. The number of piperidine rings is 1. The molecule has 2 amide bonds. The molecule has 1 saturated heterocycles. The summed E-state index contributed by atoms with van der Waals surface area (Å²) in [6.07, 6.45) is 1.61. The van der Waals surface area contributed by atoms with Crippen LogP contribution in [-0.4, -0.2) is 29.8 Å². The molecule has 5 heteroatoms. The Kier molecular flexibility index (Phi) is 6.05. The molecule has 2 atom stereocenters. The van der Waals surface area contributed by atoms with Crippen molar-refractivity contribution < 1.29 is 9.59 Å². The third-order valence-electron chi connectivity index (χ3n) is 5.83. The number of halogens is 1. The van der Waals surface area contributed by atoms with Crippen molar-refractivity contribution in [2.75, 3.05) is 13.1 Å². The highest BCUT2D eigenvalue weighted by molar-refractivity contribution is 6.30. The highest BCUT2D eigenvalue weighted by Gasteiger charge is 2.30. The van der Waals surface area contributed by atoms with E-state index >= 15 is 0 Å². The molecule has 1 fully saturated rings. The third kappa shape index (κ3) is 4.34. The molecule has 154 valence electrons. The number of rotatable bonds is 4. The summed E-state index contributed by atoms with van der Waals surface area (Å²) in [4.78, 5) is 28.0. The highest BCUT2D eigenvalue weighted by Crippen LogP contribution is 2.24. The van der Waals surface area contributed by atoms with Crippen LogP contribution in [0.1, 0.15) is 41.7 Å². The van der Waals surface area contributed by atoms with E-state index in [4.69, 9.17) is 11.6 Å². The monoisotopic (exact) mass is 420 g/mol. The first-order chi connectivity index (χ1) is 14.5. The average Bonchev–Trinajstić information content (AvgIpc) is 2.78. The van der Waals surface area contributed by atoms with E-state index in [1.165, 1.54) is 0 Å². The Morgan fingerprint density at radius 1 is 1.03 bits per heavy atom. The van der Waals surface area contributed by atoms with Gasteiger partial charge >= 0.3 is 0 Å². The number of fused-ring (bicyclic) bond motifs is 1. The van der Waals surface area contributed by atoms with Crippen LogP contribution in [0.15, 0.2) is 66.7 Å². The van der Waals surface area contributed by atoms with Crippen molar-refractivity contribution >= 4 is 34.2 Å². The molecule has 0 aliphatic carbocycles. The number of carbonyl (C=O) groups excluding carboxylic acids is 2. The topological polar surface area (TPSA) is 49.4 Å². The van der Waals surface area contributed by atoms with Gasteiger partial charge in [0.1, 0.15) is 0 Å². The Balaban J connectivity index is 1.45. The lowest BCUT2D eigenvalue weighted by atomic mass is 9.95. The minimum Gasteiger partial charge on any atom is -0.349 e. The largest absolute Gasteiger partial charge is 0.349 e. The molecule has 4 rings (SSSR count). The molecule has 1 aliphatic heterocycles. The van der Waals surface area contributed by atoms with Gasteiger partial charge in [0, 0.05) is 23.7 Å². The fraction of sp³-hybridized carbons (Fsp3) is 0.280. The second-order valence-corrected chi connectivity index (χ2v) is 8.34. The number of benzene rings is 3.